The molecule has 1 aliphatic heterocycles. The molecule has 3 aromatic rings. The summed E-state index contributed by atoms with van der Waals surface area (Å²) in [4.78, 5) is 30.6. The molecule has 1 amide bonds. The van der Waals surface area contributed by atoms with Gasteiger partial charge < -0.3 is 24.6 Å². The van der Waals surface area contributed by atoms with E-state index in [0.717, 1.165) is 42.9 Å². The first-order valence-corrected chi connectivity index (χ1v) is 20.6. The lowest BCUT2D eigenvalue weighted by Gasteiger charge is -2.71. The molecule has 4 fully saturated rings. The van der Waals surface area contributed by atoms with Gasteiger partial charge in [0, 0.05) is 45.4 Å². The molecule has 6 aliphatic carbocycles. The molecule has 0 radical (unpaired) electrons. The molecule has 7 aliphatic rings. The van der Waals surface area contributed by atoms with Crippen molar-refractivity contribution in [2.45, 2.75) is 95.9 Å². The molecule has 9 heteroatoms. The van der Waals surface area contributed by atoms with E-state index >= 15 is 4.39 Å². The lowest BCUT2D eigenvalue weighted by molar-refractivity contribution is -0.178. The fourth-order valence-corrected chi connectivity index (χ4v) is 12.8. The van der Waals surface area contributed by atoms with Crippen molar-refractivity contribution in [3.05, 3.63) is 101 Å². The number of Topliss-reactive ketones (excluding diaryl/α,β-unsaturated/α-hetero) is 1. The predicted molar refractivity (Wildman–Crippen MR) is 209 cm³/mol. The van der Waals surface area contributed by atoms with Gasteiger partial charge in [-0.1, -0.05) is 80.1 Å². The molecule has 290 valence electrons. The van der Waals surface area contributed by atoms with E-state index in [1.807, 2.05) is 36.4 Å². The summed E-state index contributed by atoms with van der Waals surface area (Å²) in [6.45, 7) is 5.50. The van der Waals surface area contributed by atoms with E-state index in [2.05, 4.69) is 32.1 Å². The Hall–Kier alpha value is -3.56. The number of nitrogens with zero attached hydrogens (tertiary/aromatic N) is 1. The molecule has 1 saturated heterocycles. The van der Waals surface area contributed by atoms with Gasteiger partial charge in [0.25, 0.3) is 0 Å². The van der Waals surface area contributed by atoms with Crippen LogP contribution in [0.5, 0.6) is 5.75 Å². The van der Waals surface area contributed by atoms with Crippen LogP contribution < -0.4 is 4.74 Å². The van der Waals surface area contributed by atoms with Crippen molar-refractivity contribution < 1.29 is 33.7 Å². The van der Waals surface area contributed by atoms with Crippen molar-refractivity contribution in [3.63, 3.8) is 0 Å². The number of carbonyl (C=O) groups is 2. The number of hydrogen-bond donors (Lipinski definition) is 2. The van der Waals surface area contributed by atoms with Crippen molar-refractivity contribution in [2.24, 2.45) is 33.5 Å². The standard InChI is InChI=1S/C46H51ClFNO6/c1-42-17-14-31(50)25-44(42)20-21-46(35(26-44)38(51)24-34-36(47)10-5-11-37(34)48)39(42)15-18-43(2)40(46)16-19-45(43,53)28-49(27-33-9-6-22-54-33)41(52)55-32-13-12-29-7-3-4-8-30(29)23-32/h3-5,7-8,10-13,20-21,23,26,31,33,39-40,50,53H,6,9,14-19,22,24-25,27-28H2,1-2H3. The largest absolute Gasteiger partial charge is 0.415 e. The number of aliphatic hydroxyl groups excluding tert-OH is 1. The normalized spacial score (nSPS) is 37.2. The van der Waals surface area contributed by atoms with Gasteiger partial charge in [-0.3, -0.25) is 4.79 Å². The number of fused-ring (bicyclic) bond motifs is 2. The zero-order chi connectivity index (χ0) is 38.4. The van der Waals surface area contributed by atoms with Gasteiger partial charge in [0.05, 0.1) is 30.9 Å². The van der Waals surface area contributed by atoms with E-state index in [1.54, 1.807) is 23.1 Å². The van der Waals surface area contributed by atoms with Crippen LogP contribution in [0.4, 0.5) is 9.18 Å². The maximum absolute atomic E-state index is 15.2. The number of amides is 1. The summed E-state index contributed by atoms with van der Waals surface area (Å²) in [5, 5.41) is 26.4. The molecule has 3 aromatic carbocycles. The summed E-state index contributed by atoms with van der Waals surface area (Å²) in [5.41, 5.74) is -2.54. The number of rotatable bonds is 8. The predicted octanol–water partition coefficient (Wildman–Crippen LogP) is 9.02. The van der Waals surface area contributed by atoms with Gasteiger partial charge in [0.15, 0.2) is 5.78 Å². The summed E-state index contributed by atoms with van der Waals surface area (Å²) in [6.07, 6.45) is 11.7. The Morgan fingerprint density at radius 3 is 2.49 bits per heavy atom. The average molecular weight is 768 g/mol. The molecule has 2 N–H and O–H groups in total. The summed E-state index contributed by atoms with van der Waals surface area (Å²) in [6, 6.07) is 18.0. The van der Waals surface area contributed by atoms with Gasteiger partial charge in [-0.15, -0.1) is 0 Å². The lowest BCUT2D eigenvalue weighted by Crippen LogP contribution is -2.67. The van der Waals surface area contributed by atoms with Crippen LogP contribution in [-0.2, 0) is 16.0 Å². The third-order valence-electron chi connectivity index (χ3n) is 15.5. The number of ketones is 1. The smallest absolute Gasteiger partial charge is 0.410 e. The van der Waals surface area contributed by atoms with Gasteiger partial charge in [-0.2, -0.15) is 0 Å². The first kappa shape index (κ1) is 37.0. The fraction of sp³-hybridized carbons (Fsp3) is 0.522. The second-order valence-electron chi connectivity index (χ2n) is 18.0. The second kappa shape index (κ2) is 13.3. The highest BCUT2D eigenvalue weighted by Gasteiger charge is 2.74. The van der Waals surface area contributed by atoms with Crippen LogP contribution in [0.3, 0.4) is 0 Å². The van der Waals surface area contributed by atoms with Crippen LogP contribution in [0.15, 0.2) is 84.5 Å². The van der Waals surface area contributed by atoms with E-state index in [4.69, 9.17) is 21.1 Å². The molecular formula is C46H51ClFNO6. The zero-order valence-electron chi connectivity index (χ0n) is 31.7. The number of halogens is 2. The van der Waals surface area contributed by atoms with E-state index in [0.29, 0.717) is 50.2 Å². The van der Waals surface area contributed by atoms with E-state index in [9.17, 15) is 19.8 Å². The number of carbonyl (C=O) groups excluding carboxylic acids is 2. The molecule has 2 bridgehead atoms. The highest BCUT2D eigenvalue weighted by Crippen LogP contribution is 2.78. The molecule has 9 atom stereocenters. The van der Waals surface area contributed by atoms with Crippen LogP contribution >= 0.6 is 11.6 Å². The molecule has 55 heavy (non-hydrogen) atoms. The van der Waals surface area contributed by atoms with Crippen molar-refractivity contribution in [3.8, 4) is 5.75 Å². The molecule has 7 nitrogen and oxygen atoms in total. The van der Waals surface area contributed by atoms with Gasteiger partial charge in [0.2, 0.25) is 0 Å². The average Bonchev–Trinajstić information content (AvgIpc) is 3.77. The SMILES string of the molecule is CC12CCC(O)CC13C=CC1(C(C(=O)Cc4c(F)cccc4Cl)=C3)C2CCC2(C)C1CCC2(O)CN(CC1CCCO1)C(=O)Oc1ccc2ccccc2c1. The first-order valence-electron chi connectivity index (χ1n) is 20.2. The van der Waals surface area contributed by atoms with Gasteiger partial charge in [0.1, 0.15) is 11.6 Å². The zero-order valence-corrected chi connectivity index (χ0v) is 32.5. The maximum atomic E-state index is 15.2. The molecule has 9 unspecified atom stereocenters. The van der Waals surface area contributed by atoms with E-state index in [-0.39, 0.29) is 52.7 Å². The minimum atomic E-state index is -1.29. The molecule has 2 spiro atoms. The van der Waals surface area contributed by atoms with Gasteiger partial charge >= 0.3 is 6.09 Å². The second-order valence-corrected chi connectivity index (χ2v) is 18.4. The monoisotopic (exact) mass is 767 g/mol. The Morgan fingerprint density at radius 2 is 1.71 bits per heavy atom. The highest BCUT2D eigenvalue weighted by molar-refractivity contribution is 6.31. The van der Waals surface area contributed by atoms with Crippen molar-refractivity contribution in [1.82, 2.24) is 4.90 Å². The number of allylic oxidation sites excluding steroid dienone is 4. The van der Waals surface area contributed by atoms with Gasteiger partial charge in [-0.05, 0) is 110 Å². The van der Waals surface area contributed by atoms with E-state index < -0.39 is 39.9 Å². The van der Waals surface area contributed by atoms with Crippen molar-refractivity contribution in [1.29, 1.82) is 0 Å². The summed E-state index contributed by atoms with van der Waals surface area (Å²) in [5.74, 6) is -0.279. The van der Waals surface area contributed by atoms with Crippen LogP contribution in [0.2, 0.25) is 5.02 Å². The number of hydrogen-bond acceptors (Lipinski definition) is 6. The Labute approximate surface area is 327 Å². The molecular weight excluding hydrogens is 717 g/mol. The van der Waals surface area contributed by atoms with Crippen molar-refractivity contribution >= 4 is 34.2 Å². The number of aliphatic hydroxyl groups is 2. The Bertz CT molecular complexity index is 2090. The van der Waals surface area contributed by atoms with Gasteiger partial charge in [-0.25, -0.2) is 9.18 Å². The fourth-order valence-electron chi connectivity index (χ4n) is 12.6. The summed E-state index contributed by atoms with van der Waals surface area (Å²) >= 11 is 6.49. The summed E-state index contributed by atoms with van der Waals surface area (Å²) in [7, 11) is 0. The molecule has 0 aromatic heterocycles. The Balaban J connectivity index is 1.07. The topological polar surface area (TPSA) is 96.3 Å². The number of ether oxygens (including phenoxy) is 2. The van der Waals surface area contributed by atoms with Crippen molar-refractivity contribution in [2.75, 3.05) is 19.7 Å². The molecule has 1 heterocycles. The minimum Gasteiger partial charge on any atom is -0.410 e. The van der Waals surface area contributed by atoms with Crippen LogP contribution in [-0.4, -0.2) is 64.5 Å². The summed E-state index contributed by atoms with van der Waals surface area (Å²) < 4.78 is 27.3. The Morgan fingerprint density at radius 1 is 0.945 bits per heavy atom. The maximum Gasteiger partial charge on any atom is 0.415 e. The van der Waals surface area contributed by atoms with Crippen LogP contribution in [0.25, 0.3) is 10.8 Å². The number of benzene rings is 3. The third kappa shape index (κ3) is 5.60. The molecule has 3 saturated carbocycles. The first-order chi connectivity index (χ1) is 26.3. The minimum absolute atomic E-state index is 0.0714. The third-order valence-corrected chi connectivity index (χ3v) is 15.9. The van der Waals surface area contributed by atoms with Crippen LogP contribution in [0.1, 0.15) is 77.2 Å². The Kier molecular flexibility index (Phi) is 8.93. The lowest BCUT2D eigenvalue weighted by atomic mass is 9.32. The van der Waals surface area contributed by atoms with Crippen LogP contribution in [0, 0.1) is 39.3 Å². The quantitative estimate of drug-likeness (QED) is 0.222. The highest BCUT2D eigenvalue weighted by atomic mass is 35.5. The molecule has 10 rings (SSSR count). The van der Waals surface area contributed by atoms with E-state index in [1.165, 1.54) is 6.07 Å².